The third-order valence-electron chi connectivity index (χ3n) is 8.90. The normalized spacial score (nSPS) is 12.1. The minimum absolute atomic E-state index is 0.602. The van der Waals surface area contributed by atoms with E-state index < -0.39 is 0 Å². The van der Waals surface area contributed by atoms with E-state index in [1.54, 1.807) is 0 Å². The number of aromatic nitrogens is 5. The van der Waals surface area contributed by atoms with E-state index >= 15 is 0 Å². The Balaban J connectivity index is 1.33. The Hall–Kier alpha value is -6.07. The zero-order valence-corrected chi connectivity index (χ0v) is 23.5. The van der Waals surface area contributed by atoms with Crippen LogP contribution in [0.15, 0.2) is 140 Å². The van der Waals surface area contributed by atoms with Gasteiger partial charge in [0.05, 0.1) is 27.6 Å². The summed E-state index contributed by atoms with van der Waals surface area (Å²) < 4.78 is 4.56. The second-order valence-electron chi connectivity index (χ2n) is 11.3. The van der Waals surface area contributed by atoms with Gasteiger partial charge < -0.3 is 4.40 Å². The van der Waals surface area contributed by atoms with Gasteiger partial charge in [-0.05, 0) is 36.4 Å². The monoisotopic (exact) mass is 561 g/mol. The molecule has 0 saturated carbocycles. The first-order chi connectivity index (χ1) is 21.8. The lowest BCUT2D eigenvalue weighted by Crippen LogP contribution is -2.06. The van der Waals surface area contributed by atoms with Gasteiger partial charge in [-0.25, -0.2) is 4.98 Å². The maximum absolute atomic E-state index is 5.23. The molecular formula is C39H23N5. The minimum Gasteiger partial charge on any atom is -0.308 e. The highest BCUT2D eigenvalue weighted by molar-refractivity contribution is 6.24. The van der Waals surface area contributed by atoms with Crippen LogP contribution in [-0.2, 0) is 0 Å². The first-order valence-electron chi connectivity index (χ1n) is 14.8. The Bertz CT molecular complexity index is 2580. The number of benzene rings is 6. The van der Waals surface area contributed by atoms with E-state index in [0.29, 0.717) is 17.6 Å². The summed E-state index contributed by atoms with van der Waals surface area (Å²) in [5.41, 5.74) is 7.69. The maximum Gasteiger partial charge on any atom is 0.238 e. The van der Waals surface area contributed by atoms with E-state index in [0.717, 1.165) is 22.2 Å². The number of rotatable bonds is 3. The Morgan fingerprint density at radius 1 is 0.364 bits per heavy atom. The average Bonchev–Trinajstić information content (AvgIpc) is 3.73. The van der Waals surface area contributed by atoms with E-state index in [-0.39, 0.29) is 0 Å². The van der Waals surface area contributed by atoms with Crippen LogP contribution >= 0.6 is 0 Å². The zero-order chi connectivity index (χ0) is 28.8. The summed E-state index contributed by atoms with van der Waals surface area (Å²) in [5.74, 6) is 1.90. The SMILES string of the molecule is c1ccc(-c2nc(-c3cc4c5ccccc5n5c6ccccc6c(c3)c45)nc(-n3c4ccccc4c4ccccc43)n2)cc1. The molecule has 0 atom stereocenters. The molecule has 6 aromatic carbocycles. The van der Waals surface area contributed by atoms with Gasteiger partial charge in [-0.15, -0.1) is 0 Å². The molecule has 0 N–H and O–H groups in total. The first kappa shape index (κ1) is 23.5. The van der Waals surface area contributed by atoms with Crippen molar-refractivity contribution in [2.45, 2.75) is 0 Å². The molecule has 0 aliphatic heterocycles. The summed E-state index contributed by atoms with van der Waals surface area (Å²) in [4.78, 5) is 15.4. The zero-order valence-electron chi connectivity index (χ0n) is 23.5. The van der Waals surface area contributed by atoms with Crippen molar-refractivity contribution < 1.29 is 0 Å². The molecule has 5 heteroatoms. The van der Waals surface area contributed by atoms with Crippen molar-refractivity contribution in [2.75, 3.05) is 0 Å². The van der Waals surface area contributed by atoms with Crippen LogP contribution in [0, 0.1) is 0 Å². The molecule has 44 heavy (non-hydrogen) atoms. The molecule has 0 saturated heterocycles. The summed E-state index contributed by atoms with van der Waals surface area (Å²) in [6, 6.07) is 48.9. The predicted octanol–water partition coefficient (Wildman–Crippen LogP) is 9.45. The maximum atomic E-state index is 5.23. The topological polar surface area (TPSA) is 48.0 Å². The van der Waals surface area contributed by atoms with Crippen molar-refractivity contribution in [3.8, 4) is 28.7 Å². The summed E-state index contributed by atoms with van der Waals surface area (Å²) in [6.07, 6.45) is 0. The Morgan fingerprint density at radius 2 is 0.795 bits per heavy atom. The lowest BCUT2D eigenvalue weighted by molar-refractivity contribution is 0.954. The van der Waals surface area contributed by atoms with Crippen molar-refractivity contribution in [1.29, 1.82) is 0 Å². The van der Waals surface area contributed by atoms with Gasteiger partial charge in [-0.2, -0.15) is 9.97 Å². The third-order valence-corrected chi connectivity index (χ3v) is 8.90. The van der Waals surface area contributed by atoms with Crippen LogP contribution in [0.2, 0.25) is 0 Å². The van der Waals surface area contributed by atoms with Crippen LogP contribution in [0.1, 0.15) is 0 Å². The second kappa shape index (κ2) is 8.72. The lowest BCUT2D eigenvalue weighted by Gasteiger charge is -2.11. The number of hydrogen-bond donors (Lipinski definition) is 0. The third kappa shape index (κ3) is 3.15. The van der Waals surface area contributed by atoms with Gasteiger partial charge in [-0.1, -0.05) is 103 Å². The van der Waals surface area contributed by atoms with Gasteiger partial charge in [0.15, 0.2) is 11.6 Å². The van der Waals surface area contributed by atoms with Gasteiger partial charge in [0.1, 0.15) is 0 Å². The largest absolute Gasteiger partial charge is 0.308 e. The van der Waals surface area contributed by atoms with Crippen molar-refractivity contribution in [1.82, 2.24) is 23.9 Å². The first-order valence-corrected chi connectivity index (χ1v) is 14.8. The molecule has 204 valence electrons. The van der Waals surface area contributed by atoms with Crippen molar-refractivity contribution >= 4 is 59.9 Å². The molecule has 4 heterocycles. The molecule has 0 bridgehead atoms. The van der Waals surface area contributed by atoms with Crippen molar-refractivity contribution in [2.24, 2.45) is 0 Å². The fourth-order valence-corrected chi connectivity index (χ4v) is 7.03. The molecule has 0 spiro atoms. The average molecular weight is 562 g/mol. The number of nitrogens with zero attached hydrogens (tertiary/aromatic N) is 5. The van der Waals surface area contributed by atoms with Crippen molar-refractivity contribution in [3.05, 3.63) is 140 Å². The molecule has 0 amide bonds. The van der Waals surface area contributed by atoms with Crippen molar-refractivity contribution in [3.63, 3.8) is 0 Å². The predicted molar refractivity (Wildman–Crippen MR) is 180 cm³/mol. The molecule has 10 rings (SSSR count). The second-order valence-corrected chi connectivity index (χ2v) is 11.3. The molecule has 5 nitrogen and oxygen atoms in total. The molecule has 0 radical (unpaired) electrons. The van der Waals surface area contributed by atoms with Crippen LogP contribution in [0.4, 0.5) is 0 Å². The van der Waals surface area contributed by atoms with Crippen LogP contribution in [0.3, 0.4) is 0 Å². The number of fused-ring (bicyclic) bond motifs is 9. The van der Waals surface area contributed by atoms with Crippen LogP contribution in [0.25, 0.3) is 88.6 Å². The van der Waals surface area contributed by atoms with Gasteiger partial charge in [0, 0.05) is 43.4 Å². The minimum atomic E-state index is 0.602. The van der Waals surface area contributed by atoms with Gasteiger partial charge >= 0.3 is 0 Å². The highest BCUT2D eigenvalue weighted by atomic mass is 15.2. The van der Waals surface area contributed by atoms with E-state index in [9.17, 15) is 0 Å². The van der Waals surface area contributed by atoms with E-state index in [1.807, 2.05) is 18.2 Å². The summed E-state index contributed by atoms with van der Waals surface area (Å²) in [7, 11) is 0. The van der Waals surface area contributed by atoms with Gasteiger partial charge in [-0.3, -0.25) is 4.57 Å². The molecule has 0 aliphatic carbocycles. The molecule has 4 aromatic heterocycles. The number of hydrogen-bond acceptors (Lipinski definition) is 3. The summed E-state index contributed by atoms with van der Waals surface area (Å²) in [6.45, 7) is 0. The highest BCUT2D eigenvalue weighted by Crippen LogP contribution is 2.41. The van der Waals surface area contributed by atoms with Crippen LogP contribution < -0.4 is 0 Å². The Morgan fingerprint density at radius 3 is 1.34 bits per heavy atom. The molecule has 0 fully saturated rings. The Labute approximate surface area is 251 Å². The number of para-hydroxylation sites is 4. The smallest absolute Gasteiger partial charge is 0.238 e. The van der Waals surface area contributed by atoms with E-state index in [4.69, 9.17) is 15.0 Å². The van der Waals surface area contributed by atoms with Crippen LogP contribution in [0.5, 0.6) is 0 Å². The molecular weight excluding hydrogens is 538 g/mol. The van der Waals surface area contributed by atoms with Crippen LogP contribution in [-0.4, -0.2) is 23.9 Å². The van der Waals surface area contributed by atoms with Gasteiger partial charge in [0.2, 0.25) is 5.95 Å². The standard InChI is InChI=1S/C39H23N5/c1-2-12-24(13-3-1)37-40-38(42-39(41-37)44-34-20-10-4-14-26(34)27-15-5-11-21-35(27)44)25-22-30-28-16-6-8-18-32(28)43-33-19-9-7-17-29(33)31(23-25)36(30)43/h1-23H. The summed E-state index contributed by atoms with van der Waals surface area (Å²) >= 11 is 0. The highest BCUT2D eigenvalue weighted by Gasteiger charge is 2.21. The van der Waals surface area contributed by atoms with E-state index in [1.165, 1.54) is 48.9 Å². The molecule has 0 unspecified atom stereocenters. The Kier molecular flexibility index (Phi) is 4.66. The lowest BCUT2D eigenvalue weighted by atomic mass is 10.0. The molecule has 0 aliphatic rings. The fraction of sp³-hybridized carbons (Fsp3) is 0. The fourth-order valence-electron chi connectivity index (χ4n) is 7.03. The van der Waals surface area contributed by atoms with E-state index in [2.05, 4.69) is 130 Å². The molecule has 10 aromatic rings. The quantitative estimate of drug-likeness (QED) is 0.216. The van der Waals surface area contributed by atoms with Gasteiger partial charge in [0.25, 0.3) is 0 Å². The summed E-state index contributed by atoms with van der Waals surface area (Å²) in [5, 5.41) is 7.18.